The molecule has 0 heterocycles. The van der Waals surface area contributed by atoms with Gasteiger partial charge in [0.05, 0.1) is 11.3 Å². The van der Waals surface area contributed by atoms with Crippen LogP contribution in [-0.4, -0.2) is 28.1 Å². The van der Waals surface area contributed by atoms with E-state index in [1.807, 2.05) is 27.9 Å². The Balaban J connectivity index is 3.10. The van der Waals surface area contributed by atoms with Crippen molar-refractivity contribution in [3.8, 4) is 0 Å². The van der Waals surface area contributed by atoms with E-state index < -0.39 is 17.8 Å². The van der Waals surface area contributed by atoms with E-state index in [0.717, 1.165) is 0 Å². The third-order valence-corrected chi connectivity index (χ3v) is 2.33. The van der Waals surface area contributed by atoms with Gasteiger partial charge in [-0.1, -0.05) is 0 Å². The summed E-state index contributed by atoms with van der Waals surface area (Å²) in [7, 11) is 0. The van der Waals surface area contributed by atoms with Crippen molar-refractivity contribution in [2.75, 3.05) is 5.32 Å². The minimum atomic E-state index is -1.67. The fraction of sp³-hybridized carbons (Fsp3) is 0. The van der Waals surface area contributed by atoms with Gasteiger partial charge in [0.15, 0.2) is 0 Å². The molecule has 0 aliphatic heterocycles. The number of hydrogen-bond acceptors (Lipinski definition) is 3. The van der Waals surface area contributed by atoms with Crippen molar-refractivity contribution in [3.63, 3.8) is 0 Å². The molecule has 7 heteroatoms. The van der Waals surface area contributed by atoms with Crippen LogP contribution in [-0.2, 0) is 9.59 Å². The van der Waals surface area contributed by atoms with E-state index >= 15 is 0 Å². The van der Waals surface area contributed by atoms with E-state index in [1.54, 1.807) is 6.07 Å². The molecule has 84 valence electrons. The average molecular weight is 335 g/mol. The first-order chi connectivity index (χ1) is 7.41. The minimum absolute atomic E-state index is 0.0354. The zero-order valence-corrected chi connectivity index (χ0v) is 9.89. The Kier molecular flexibility index (Phi) is 3.82. The van der Waals surface area contributed by atoms with Gasteiger partial charge in [-0.3, -0.25) is 4.79 Å². The van der Waals surface area contributed by atoms with Gasteiger partial charge in [0.25, 0.3) is 0 Å². The van der Waals surface area contributed by atoms with Crippen LogP contribution in [0.2, 0.25) is 0 Å². The number of aromatic carboxylic acids is 1. The van der Waals surface area contributed by atoms with E-state index in [-0.39, 0.29) is 11.3 Å². The highest BCUT2D eigenvalue weighted by Gasteiger charge is 2.16. The summed E-state index contributed by atoms with van der Waals surface area (Å²) in [4.78, 5) is 32.0. The number of benzene rings is 1. The molecule has 0 saturated carbocycles. The van der Waals surface area contributed by atoms with Crippen LogP contribution < -0.4 is 5.32 Å². The van der Waals surface area contributed by atoms with E-state index in [4.69, 9.17) is 10.2 Å². The van der Waals surface area contributed by atoms with Crippen molar-refractivity contribution in [3.05, 3.63) is 27.3 Å². The Morgan fingerprint density at radius 3 is 2.31 bits per heavy atom. The molecular weight excluding hydrogens is 329 g/mol. The van der Waals surface area contributed by atoms with Gasteiger partial charge >= 0.3 is 17.8 Å². The first kappa shape index (κ1) is 12.4. The van der Waals surface area contributed by atoms with Crippen LogP contribution in [0.3, 0.4) is 0 Å². The first-order valence-corrected chi connectivity index (χ1v) is 5.07. The van der Waals surface area contributed by atoms with Crippen molar-refractivity contribution < 1.29 is 24.6 Å². The van der Waals surface area contributed by atoms with E-state index in [2.05, 4.69) is 0 Å². The first-order valence-electron chi connectivity index (χ1n) is 3.99. The van der Waals surface area contributed by atoms with Crippen LogP contribution in [0.25, 0.3) is 0 Å². The molecule has 6 nitrogen and oxygen atoms in total. The molecule has 1 aromatic carbocycles. The second-order valence-corrected chi connectivity index (χ2v) is 4.00. The summed E-state index contributed by atoms with van der Waals surface area (Å²) in [5.74, 6) is -4.18. The third kappa shape index (κ3) is 2.92. The Morgan fingerprint density at radius 1 is 1.19 bits per heavy atom. The van der Waals surface area contributed by atoms with Crippen LogP contribution in [0.5, 0.6) is 0 Å². The number of carbonyl (C=O) groups is 3. The molecule has 0 radical (unpaired) electrons. The van der Waals surface area contributed by atoms with E-state index in [0.29, 0.717) is 3.57 Å². The van der Waals surface area contributed by atoms with E-state index in [9.17, 15) is 14.4 Å². The molecule has 16 heavy (non-hydrogen) atoms. The monoisotopic (exact) mass is 335 g/mol. The summed E-state index contributed by atoms with van der Waals surface area (Å²) in [6.07, 6.45) is 0. The van der Waals surface area contributed by atoms with Crippen LogP contribution in [0, 0.1) is 3.57 Å². The van der Waals surface area contributed by atoms with Crippen LogP contribution in [0.1, 0.15) is 10.4 Å². The third-order valence-electron chi connectivity index (χ3n) is 1.65. The Bertz CT molecular complexity index is 471. The number of nitrogens with one attached hydrogen (secondary N) is 1. The SMILES string of the molecule is O=C(O)C(=O)Nc1cc(I)ccc1C(=O)O. The summed E-state index contributed by atoms with van der Waals surface area (Å²) in [6.45, 7) is 0. The van der Waals surface area contributed by atoms with Gasteiger partial charge in [0.2, 0.25) is 0 Å². The minimum Gasteiger partial charge on any atom is -0.478 e. The lowest BCUT2D eigenvalue weighted by molar-refractivity contribution is -0.147. The lowest BCUT2D eigenvalue weighted by Crippen LogP contribution is -2.23. The molecule has 0 fully saturated rings. The average Bonchev–Trinajstić information content (AvgIpc) is 2.16. The van der Waals surface area contributed by atoms with Crippen molar-refractivity contribution in [2.45, 2.75) is 0 Å². The fourth-order valence-corrected chi connectivity index (χ4v) is 1.47. The lowest BCUT2D eigenvalue weighted by atomic mass is 10.2. The number of carboxylic acid groups (broad SMARTS) is 2. The Labute approximate surface area is 103 Å². The molecule has 0 aliphatic rings. The maximum Gasteiger partial charge on any atom is 0.394 e. The molecule has 1 amide bonds. The van der Waals surface area contributed by atoms with Gasteiger partial charge in [-0.15, -0.1) is 0 Å². The standard InChI is InChI=1S/C9H6INO5/c10-4-1-2-5(8(13)14)6(3-4)11-7(12)9(15)16/h1-3H,(H,11,12)(H,13,14)(H,15,16). The van der Waals surface area contributed by atoms with Gasteiger partial charge < -0.3 is 15.5 Å². The van der Waals surface area contributed by atoms with Gasteiger partial charge in [-0.05, 0) is 40.8 Å². The lowest BCUT2D eigenvalue weighted by Gasteiger charge is -2.06. The molecule has 0 saturated heterocycles. The number of hydrogen-bond donors (Lipinski definition) is 3. The van der Waals surface area contributed by atoms with Gasteiger partial charge in [0.1, 0.15) is 0 Å². The van der Waals surface area contributed by atoms with Crippen LogP contribution in [0.4, 0.5) is 5.69 Å². The van der Waals surface area contributed by atoms with E-state index in [1.165, 1.54) is 12.1 Å². The van der Waals surface area contributed by atoms with Gasteiger partial charge in [-0.2, -0.15) is 0 Å². The molecule has 0 spiro atoms. The topological polar surface area (TPSA) is 104 Å². The maximum atomic E-state index is 10.9. The molecule has 0 aliphatic carbocycles. The quantitative estimate of drug-likeness (QED) is 0.553. The summed E-state index contributed by atoms with van der Waals surface area (Å²) in [5.41, 5.74) is -0.193. The molecule has 0 bridgehead atoms. The highest BCUT2D eigenvalue weighted by atomic mass is 127. The zero-order valence-electron chi connectivity index (χ0n) is 7.73. The number of rotatable bonds is 2. The fourth-order valence-electron chi connectivity index (χ4n) is 0.982. The molecule has 0 atom stereocenters. The highest BCUT2D eigenvalue weighted by molar-refractivity contribution is 14.1. The van der Waals surface area contributed by atoms with Crippen LogP contribution >= 0.6 is 22.6 Å². The Morgan fingerprint density at radius 2 is 1.81 bits per heavy atom. The number of carboxylic acids is 2. The van der Waals surface area contributed by atoms with Gasteiger partial charge in [0, 0.05) is 3.57 Å². The largest absolute Gasteiger partial charge is 0.478 e. The van der Waals surface area contributed by atoms with Crippen molar-refractivity contribution >= 4 is 46.1 Å². The highest BCUT2D eigenvalue weighted by Crippen LogP contribution is 2.19. The number of amides is 1. The summed E-state index contributed by atoms with van der Waals surface area (Å²) >= 11 is 1.92. The number of halogens is 1. The molecule has 0 unspecified atom stereocenters. The second-order valence-electron chi connectivity index (χ2n) is 2.75. The predicted molar refractivity (Wildman–Crippen MR) is 62.4 cm³/mol. The zero-order chi connectivity index (χ0) is 12.3. The molecular formula is C9H6INO5. The number of anilines is 1. The van der Waals surface area contributed by atoms with Crippen molar-refractivity contribution in [1.29, 1.82) is 0 Å². The smallest absolute Gasteiger partial charge is 0.394 e. The molecule has 3 N–H and O–H groups in total. The molecule has 1 aromatic rings. The molecule has 0 aromatic heterocycles. The normalized spacial score (nSPS) is 9.56. The maximum absolute atomic E-state index is 10.9. The second kappa shape index (κ2) is 4.92. The van der Waals surface area contributed by atoms with Crippen molar-refractivity contribution in [2.24, 2.45) is 0 Å². The number of carbonyl (C=O) groups excluding carboxylic acids is 1. The summed E-state index contributed by atoms with van der Waals surface area (Å²) < 4.78 is 0.684. The van der Waals surface area contributed by atoms with Gasteiger partial charge in [-0.25, -0.2) is 9.59 Å². The van der Waals surface area contributed by atoms with Crippen molar-refractivity contribution in [1.82, 2.24) is 0 Å². The molecule has 1 rings (SSSR count). The summed E-state index contributed by atoms with van der Waals surface area (Å²) in [5, 5.41) is 19.2. The summed E-state index contributed by atoms with van der Waals surface area (Å²) in [6, 6.07) is 4.22. The van der Waals surface area contributed by atoms with Crippen LogP contribution in [0.15, 0.2) is 18.2 Å². The predicted octanol–water partition coefficient (Wildman–Crippen LogP) is 1.01. The number of aliphatic carboxylic acids is 1. The Hall–Kier alpha value is -1.64.